The van der Waals surface area contributed by atoms with Gasteiger partial charge in [0.05, 0.1) is 23.4 Å². The first-order valence-corrected chi connectivity index (χ1v) is 11.0. The lowest BCUT2D eigenvalue weighted by molar-refractivity contribution is 0.122. The van der Waals surface area contributed by atoms with Crippen LogP contribution in [0.25, 0.3) is 0 Å². The molecular formula is C24H22BrClN2O2. The van der Waals surface area contributed by atoms with Crippen LogP contribution in [0, 0.1) is 0 Å². The Morgan fingerprint density at radius 3 is 2.43 bits per heavy atom. The molecule has 0 atom stereocenters. The van der Waals surface area contributed by atoms with Crippen LogP contribution in [0.3, 0.4) is 0 Å². The maximum Gasteiger partial charge on any atom is 0.134 e. The summed E-state index contributed by atoms with van der Waals surface area (Å²) < 4.78 is 12.2. The van der Waals surface area contributed by atoms with Gasteiger partial charge in [0.15, 0.2) is 0 Å². The first kappa shape index (κ1) is 20.9. The Hall–Kier alpha value is -2.34. The van der Waals surface area contributed by atoms with E-state index in [1.807, 2.05) is 60.8 Å². The maximum absolute atomic E-state index is 5.92. The fourth-order valence-corrected chi connectivity index (χ4v) is 3.81. The summed E-state index contributed by atoms with van der Waals surface area (Å²) in [5, 5.41) is 0.722. The van der Waals surface area contributed by atoms with Crippen molar-refractivity contribution in [2.24, 2.45) is 4.99 Å². The highest BCUT2D eigenvalue weighted by Gasteiger charge is 2.10. The molecule has 0 unspecified atom stereocenters. The fraction of sp³-hybridized carbons (Fsp3) is 0.208. The van der Waals surface area contributed by atoms with E-state index in [1.165, 1.54) is 5.69 Å². The zero-order valence-corrected chi connectivity index (χ0v) is 18.8. The second-order valence-electron chi connectivity index (χ2n) is 6.98. The molecule has 0 radical (unpaired) electrons. The summed E-state index contributed by atoms with van der Waals surface area (Å²) in [5.41, 5.74) is 4.20. The lowest BCUT2D eigenvalue weighted by Gasteiger charge is -2.28. The molecule has 0 spiro atoms. The smallest absolute Gasteiger partial charge is 0.134 e. The van der Waals surface area contributed by atoms with Gasteiger partial charge in [-0.05, 0) is 81.7 Å². The van der Waals surface area contributed by atoms with Crippen molar-refractivity contribution in [3.8, 4) is 5.75 Å². The minimum Gasteiger partial charge on any atom is -0.488 e. The molecule has 4 nitrogen and oxygen atoms in total. The van der Waals surface area contributed by atoms with Gasteiger partial charge in [-0.25, -0.2) is 0 Å². The predicted molar refractivity (Wildman–Crippen MR) is 127 cm³/mol. The zero-order chi connectivity index (χ0) is 20.8. The number of nitrogens with zero attached hydrogens (tertiary/aromatic N) is 2. The summed E-state index contributed by atoms with van der Waals surface area (Å²) in [7, 11) is 0. The largest absolute Gasteiger partial charge is 0.488 e. The number of ether oxygens (including phenoxy) is 2. The molecule has 3 aromatic carbocycles. The summed E-state index contributed by atoms with van der Waals surface area (Å²) in [6.07, 6.45) is 1.86. The number of morpholine rings is 1. The van der Waals surface area contributed by atoms with Crippen LogP contribution in [0.4, 0.5) is 11.4 Å². The van der Waals surface area contributed by atoms with Gasteiger partial charge >= 0.3 is 0 Å². The third-order valence-electron chi connectivity index (χ3n) is 4.85. The van der Waals surface area contributed by atoms with Crippen LogP contribution < -0.4 is 9.64 Å². The van der Waals surface area contributed by atoms with Crippen molar-refractivity contribution < 1.29 is 9.47 Å². The number of benzene rings is 3. The highest BCUT2D eigenvalue weighted by atomic mass is 79.9. The van der Waals surface area contributed by atoms with Crippen LogP contribution in [0.15, 0.2) is 76.2 Å². The lowest BCUT2D eigenvalue weighted by Crippen LogP contribution is -2.36. The predicted octanol–water partition coefficient (Wildman–Crippen LogP) is 6.27. The Bertz CT molecular complexity index is 1000. The molecular weight excluding hydrogens is 464 g/mol. The lowest BCUT2D eigenvalue weighted by atomic mass is 10.2. The van der Waals surface area contributed by atoms with Gasteiger partial charge in [0.25, 0.3) is 0 Å². The molecule has 0 aromatic heterocycles. The van der Waals surface area contributed by atoms with Crippen molar-refractivity contribution in [3.63, 3.8) is 0 Å². The van der Waals surface area contributed by atoms with E-state index >= 15 is 0 Å². The molecule has 4 rings (SSSR count). The highest BCUT2D eigenvalue weighted by Crippen LogP contribution is 2.27. The number of aliphatic imine (C=N–C) groups is 1. The van der Waals surface area contributed by atoms with Crippen molar-refractivity contribution in [1.29, 1.82) is 0 Å². The van der Waals surface area contributed by atoms with Gasteiger partial charge in [-0.1, -0.05) is 23.7 Å². The summed E-state index contributed by atoms with van der Waals surface area (Å²) >= 11 is 9.51. The first-order chi connectivity index (χ1) is 14.7. The van der Waals surface area contributed by atoms with E-state index < -0.39 is 0 Å². The molecule has 1 fully saturated rings. The normalized spacial score (nSPS) is 14.3. The topological polar surface area (TPSA) is 34.1 Å². The molecule has 1 heterocycles. The molecule has 0 aliphatic carbocycles. The monoisotopic (exact) mass is 484 g/mol. The highest BCUT2D eigenvalue weighted by molar-refractivity contribution is 9.10. The number of halogens is 2. The fourth-order valence-electron chi connectivity index (χ4n) is 3.18. The molecule has 0 bridgehead atoms. The Morgan fingerprint density at radius 2 is 1.73 bits per heavy atom. The van der Waals surface area contributed by atoms with Gasteiger partial charge < -0.3 is 14.4 Å². The van der Waals surface area contributed by atoms with E-state index in [-0.39, 0.29) is 0 Å². The third-order valence-corrected chi connectivity index (χ3v) is 5.72. The molecule has 1 aliphatic rings. The summed E-state index contributed by atoms with van der Waals surface area (Å²) in [6.45, 7) is 3.92. The Balaban J connectivity index is 1.36. The van der Waals surface area contributed by atoms with Crippen LogP contribution in [-0.4, -0.2) is 32.5 Å². The van der Waals surface area contributed by atoms with Gasteiger partial charge in [0.2, 0.25) is 0 Å². The van der Waals surface area contributed by atoms with Gasteiger partial charge in [-0.2, -0.15) is 0 Å². The minimum atomic E-state index is 0.485. The quantitative estimate of drug-likeness (QED) is 0.386. The average molecular weight is 486 g/mol. The van der Waals surface area contributed by atoms with Crippen molar-refractivity contribution >= 4 is 45.1 Å². The average Bonchev–Trinajstić information content (AvgIpc) is 2.79. The number of rotatable bonds is 6. The third kappa shape index (κ3) is 5.63. The van der Waals surface area contributed by atoms with Gasteiger partial charge in [0.1, 0.15) is 12.4 Å². The summed E-state index contributed by atoms with van der Waals surface area (Å²) in [5.74, 6) is 0.789. The van der Waals surface area contributed by atoms with E-state index in [0.29, 0.717) is 6.61 Å². The minimum absolute atomic E-state index is 0.485. The van der Waals surface area contributed by atoms with Crippen LogP contribution >= 0.6 is 27.5 Å². The Kier molecular flexibility index (Phi) is 7.05. The van der Waals surface area contributed by atoms with Crippen LogP contribution in [0.2, 0.25) is 5.02 Å². The van der Waals surface area contributed by atoms with E-state index in [4.69, 9.17) is 21.1 Å². The van der Waals surface area contributed by atoms with Crippen LogP contribution in [0.1, 0.15) is 11.1 Å². The zero-order valence-electron chi connectivity index (χ0n) is 16.4. The number of hydrogen-bond donors (Lipinski definition) is 0. The second kappa shape index (κ2) is 10.1. The summed E-state index contributed by atoms with van der Waals surface area (Å²) in [6, 6.07) is 21.9. The van der Waals surface area contributed by atoms with E-state index in [1.54, 1.807) is 0 Å². The molecule has 3 aromatic rings. The SMILES string of the molecule is Clc1ccc(COc2ccc(C=Nc3ccc(N4CCOCC4)cc3)cc2Br)cc1. The molecule has 1 saturated heterocycles. The Morgan fingerprint density at radius 1 is 1.00 bits per heavy atom. The van der Waals surface area contributed by atoms with Gasteiger partial charge in [-0.3, -0.25) is 4.99 Å². The maximum atomic E-state index is 5.92. The standard InChI is InChI=1S/C24H22BrClN2O2/c25-23-15-19(3-10-24(23)30-17-18-1-4-20(26)5-2-18)16-27-21-6-8-22(9-7-21)28-11-13-29-14-12-28/h1-10,15-16H,11-14,17H2. The molecule has 0 N–H and O–H groups in total. The van der Waals surface area contributed by atoms with E-state index in [9.17, 15) is 0 Å². The van der Waals surface area contributed by atoms with Crippen LogP contribution in [-0.2, 0) is 11.3 Å². The van der Waals surface area contributed by atoms with Crippen molar-refractivity contribution in [3.05, 3.63) is 87.4 Å². The van der Waals surface area contributed by atoms with Crippen molar-refractivity contribution in [2.45, 2.75) is 6.61 Å². The van der Waals surface area contributed by atoms with Crippen molar-refractivity contribution in [1.82, 2.24) is 0 Å². The first-order valence-electron chi connectivity index (χ1n) is 9.81. The number of hydrogen-bond acceptors (Lipinski definition) is 4. The van der Waals surface area contributed by atoms with E-state index in [0.717, 1.165) is 58.4 Å². The van der Waals surface area contributed by atoms with Crippen molar-refractivity contribution in [2.75, 3.05) is 31.2 Å². The molecule has 0 amide bonds. The Labute approximate surface area is 190 Å². The molecule has 6 heteroatoms. The summed E-state index contributed by atoms with van der Waals surface area (Å²) in [4.78, 5) is 6.92. The second-order valence-corrected chi connectivity index (χ2v) is 8.27. The van der Waals surface area contributed by atoms with Gasteiger partial charge in [0, 0.05) is 30.0 Å². The van der Waals surface area contributed by atoms with E-state index in [2.05, 4.69) is 38.0 Å². The molecule has 154 valence electrons. The van der Waals surface area contributed by atoms with Crippen LogP contribution in [0.5, 0.6) is 5.75 Å². The number of anilines is 1. The molecule has 0 saturated carbocycles. The van der Waals surface area contributed by atoms with Gasteiger partial charge in [-0.15, -0.1) is 0 Å². The molecule has 30 heavy (non-hydrogen) atoms. The molecule has 1 aliphatic heterocycles.